The molecular formula is C17H14ClF3N4O2. The summed E-state index contributed by atoms with van der Waals surface area (Å²) in [5.41, 5.74) is -0.587. The maximum atomic E-state index is 12.9. The quantitative estimate of drug-likeness (QED) is 0.714. The number of nitrogens with zero attached hydrogens (tertiary/aromatic N) is 3. The van der Waals surface area contributed by atoms with E-state index in [1.165, 1.54) is 10.5 Å². The minimum atomic E-state index is -4.49. The molecule has 27 heavy (non-hydrogen) atoms. The number of rotatable bonds is 5. The molecule has 0 saturated carbocycles. The number of ether oxygens (including phenoxy) is 1. The van der Waals surface area contributed by atoms with Crippen molar-refractivity contribution in [2.24, 2.45) is 0 Å². The number of carbonyl (C=O) groups is 1. The van der Waals surface area contributed by atoms with E-state index in [0.717, 1.165) is 12.3 Å². The fraction of sp³-hybridized carbons (Fsp3) is 0.235. The molecule has 0 radical (unpaired) electrons. The number of nitrogens with one attached hydrogen (secondary N) is 1. The molecule has 2 heterocycles. The fourth-order valence-electron chi connectivity index (χ4n) is 2.33. The van der Waals surface area contributed by atoms with Crippen LogP contribution in [0, 0.1) is 0 Å². The van der Waals surface area contributed by atoms with Crippen LogP contribution in [0.15, 0.2) is 42.6 Å². The number of fused-ring (bicyclic) bond motifs is 1. The third kappa shape index (κ3) is 4.48. The lowest BCUT2D eigenvalue weighted by Gasteiger charge is -2.14. The van der Waals surface area contributed by atoms with Crippen molar-refractivity contribution in [2.45, 2.75) is 25.7 Å². The molecular weight excluding hydrogens is 385 g/mol. The van der Waals surface area contributed by atoms with E-state index >= 15 is 0 Å². The molecule has 2 aromatic heterocycles. The molecule has 1 aromatic carbocycles. The van der Waals surface area contributed by atoms with Gasteiger partial charge in [0.2, 0.25) is 0 Å². The lowest BCUT2D eigenvalue weighted by molar-refractivity contribution is -0.138. The summed E-state index contributed by atoms with van der Waals surface area (Å²) in [6, 6.07) is 8.71. The molecule has 0 aliphatic carbocycles. The van der Waals surface area contributed by atoms with Gasteiger partial charge in [0.1, 0.15) is 5.75 Å². The highest BCUT2D eigenvalue weighted by Crippen LogP contribution is 2.29. The van der Waals surface area contributed by atoms with E-state index < -0.39 is 23.8 Å². The second kappa shape index (κ2) is 7.43. The standard InChI is InChI=1S/C17H14ClF3N4O2/c1-10(27-13-4-2-3-12(18)7-13)16(26)22-8-15-24-23-14-6-5-11(9-25(14)15)17(19,20)21/h2-7,9-10H,8H2,1H3,(H,22,26)/t10-/m1/s1. The molecule has 1 amide bonds. The van der Waals surface area contributed by atoms with Gasteiger partial charge in [0, 0.05) is 11.2 Å². The van der Waals surface area contributed by atoms with Crippen molar-refractivity contribution in [3.8, 4) is 5.75 Å². The van der Waals surface area contributed by atoms with E-state index in [9.17, 15) is 18.0 Å². The topological polar surface area (TPSA) is 68.5 Å². The molecule has 0 unspecified atom stereocenters. The maximum absolute atomic E-state index is 12.9. The van der Waals surface area contributed by atoms with E-state index in [-0.39, 0.29) is 18.0 Å². The molecule has 142 valence electrons. The zero-order chi connectivity index (χ0) is 19.6. The molecule has 0 bridgehead atoms. The van der Waals surface area contributed by atoms with Gasteiger partial charge < -0.3 is 10.1 Å². The Morgan fingerprint density at radius 3 is 2.78 bits per heavy atom. The summed E-state index contributed by atoms with van der Waals surface area (Å²) < 4.78 is 45.3. The van der Waals surface area contributed by atoms with Crippen LogP contribution in [0.3, 0.4) is 0 Å². The smallest absolute Gasteiger partial charge is 0.417 e. The number of halogens is 4. The molecule has 0 spiro atoms. The SMILES string of the molecule is C[C@@H](Oc1cccc(Cl)c1)C(=O)NCc1nnc2ccc(C(F)(F)F)cn12. The predicted octanol–water partition coefficient (Wildman–Crippen LogP) is 3.49. The summed E-state index contributed by atoms with van der Waals surface area (Å²) in [5.74, 6) is 0.131. The van der Waals surface area contributed by atoms with Gasteiger partial charge in [-0.25, -0.2) is 0 Å². The molecule has 0 aliphatic heterocycles. The van der Waals surface area contributed by atoms with Crippen LogP contribution >= 0.6 is 11.6 Å². The first-order valence-corrected chi connectivity index (χ1v) is 8.22. The van der Waals surface area contributed by atoms with Crippen LogP contribution in [0.4, 0.5) is 13.2 Å². The summed E-state index contributed by atoms with van der Waals surface area (Å²) in [7, 11) is 0. The van der Waals surface area contributed by atoms with Gasteiger partial charge in [-0.1, -0.05) is 17.7 Å². The lowest BCUT2D eigenvalue weighted by Crippen LogP contribution is -2.36. The molecule has 0 saturated heterocycles. The average Bonchev–Trinajstić information content (AvgIpc) is 3.01. The molecule has 3 aromatic rings. The number of hydrogen-bond acceptors (Lipinski definition) is 4. The number of hydrogen-bond donors (Lipinski definition) is 1. The van der Waals surface area contributed by atoms with Gasteiger partial charge >= 0.3 is 6.18 Å². The van der Waals surface area contributed by atoms with Crippen molar-refractivity contribution in [2.75, 3.05) is 0 Å². The van der Waals surface area contributed by atoms with Crippen molar-refractivity contribution in [1.82, 2.24) is 19.9 Å². The van der Waals surface area contributed by atoms with Crippen molar-refractivity contribution in [1.29, 1.82) is 0 Å². The largest absolute Gasteiger partial charge is 0.481 e. The maximum Gasteiger partial charge on any atom is 0.417 e. The third-order valence-corrected chi connectivity index (χ3v) is 3.93. The number of aromatic nitrogens is 3. The van der Waals surface area contributed by atoms with Crippen LogP contribution in [0.2, 0.25) is 5.02 Å². The fourth-order valence-corrected chi connectivity index (χ4v) is 2.51. The van der Waals surface area contributed by atoms with E-state index in [4.69, 9.17) is 16.3 Å². The lowest BCUT2D eigenvalue weighted by atomic mass is 10.3. The zero-order valence-corrected chi connectivity index (χ0v) is 14.8. The van der Waals surface area contributed by atoms with E-state index in [0.29, 0.717) is 10.8 Å². The Bertz CT molecular complexity index is 974. The predicted molar refractivity (Wildman–Crippen MR) is 91.4 cm³/mol. The van der Waals surface area contributed by atoms with Crippen molar-refractivity contribution >= 4 is 23.2 Å². The first-order chi connectivity index (χ1) is 12.7. The Kier molecular flexibility index (Phi) is 5.22. The van der Waals surface area contributed by atoms with E-state index in [2.05, 4.69) is 15.5 Å². The number of amides is 1. The van der Waals surface area contributed by atoms with Crippen LogP contribution in [-0.2, 0) is 17.5 Å². The van der Waals surface area contributed by atoms with Gasteiger partial charge in [-0.15, -0.1) is 10.2 Å². The first-order valence-electron chi connectivity index (χ1n) is 7.85. The monoisotopic (exact) mass is 398 g/mol. The van der Waals surface area contributed by atoms with Crippen molar-refractivity contribution in [3.05, 3.63) is 59.0 Å². The minimum absolute atomic E-state index is 0.107. The molecule has 1 N–H and O–H groups in total. The van der Waals surface area contributed by atoms with Crippen LogP contribution in [0.25, 0.3) is 5.65 Å². The number of benzene rings is 1. The molecule has 6 nitrogen and oxygen atoms in total. The average molecular weight is 399 g/mol. The molecule has 0 aliphatic rings. The summed E-state index contributed by atoms with van der Waals surface area (Å²) in [4.78, 5) is 12.2. The Labute approximate surface area is 156 Å². The Morgan fingerprint density at radius 1 is 1.30 bits per heavy atom. The Morgan fingerprint density at radius 2 is 2.07 bits per heavy atom. The summed E-state index contributed by atoms with van der Waals surface area (Å²) in [5, 5.41) is 10.6. The van der Waals surface area contributed by atoms with Gasteiger partial charge in [0.15, 0.2) is 17.6 Å². The van der Waals surface area contributed by atoms with E-state index in [1.807, 2.05) is 0 Å². The van der Waals surface area contributed by atoms with Crippen molar-refractivity contribution in [3.63, 3.8) is 0 Å². The summed E-state index contributed by atoms with van der Waals surface area (Å²) in [6.45, 7) is 1.43. The highest BCUT2D eigenvalue weighted by atomic mass is 35.5. The van der Waals surface area contributed by atoms with Gasteiger partial charge in [-0.05, 0) is 37.3 Å². The minimum Gasteiger partial charge on any atom is -0.481 e. The van der Waals surface area contributed by atoms with Crippen LogP contribution in [0.5, 0.6) is 5.75 Å². The Balaban J connectivity index is 1.68. The molecule has 1 atom stereocenters. The van der Waals surface area contributed by atoms with Crippen LogP contribution < -0.4 is 10.1 Å². The molecule has 3 rings (SSSR count). The first kappa shape index (κ1) is 19.0. The number of pyridine rings is 1. The van der Waals surface area contributed by atoms with Gasteiger partial charge in [-0.2, -0.15) is 13.2 Å². The Hall–Kier alpha value is -2.81. The van der Waals surface area contributed by atoms with Gasteiger partial charge in [0.25, 0.3) is 5.91 Å². The third-order valence-electron chi connectivity index (χ3n) is 3.70. The van der Waals surface area contributed by atoms with E-state index in [1.54, 1.807) is 31.2 Å². The van der Waals surface area contributed by atoms with Crippen LogP contribution in [-0.4, -0.2) is 26.6 Å². The second-order valence-electron chi connectivity index (χ2n) is 5.70. The normalized spacial score (nSPS) is 12.8. The molecule has 10 heteroatoms. The number of alkyl halides is 3. The summed E-state index contributed by atoms with van der Waals surface area (Å²) in [6.07, 6.45) is -4.44. The van der Waals surface area contributed by atoms with Crippen molar-refractivity contribution < 1.29 is 22.7 Å². The number of carbonyl (C=O) groups excluding carboxylic acids is 1. The summed E-state index contributed by atoms with van der Waals surface area (Å²) >= 11 is 5.86. The highest BCUT2D eigenvalue weighted by molar-refractivity contribution is 6.30. The van der Waals surface area contributed by atoms with Crippen LogP contribution in [0.1, 0.15) is 18.3 Å². The highest BCUT2D eigenvalue weighted by Gasteiger charge is 2.31. The van der Waals surface area contributed by atoms with Gasteiger partial charge in [0.05, 0.1) is 12.1 Å². The zero-order valence-electron chi connectivity index (χ0n) is 14.0. The van der Waals surface area contributed by atoms with Gasteiger partial charge in [-0.3, -0.25) is 9.20 Å². The second-order valence-corrected chi connectivity index (χ2v) is 6.13. The molecule has 0 fully saturated rings.